The molecule has 0 saturated carbocycles. The Morgan fingerprint density at radius 2 is 1.88 bits per heavy atom. The van der Waals surface area contributed by atoms with Crippen LogP contribution >= 0.6 is 0 Å². The number of nitrogens with one attached hydrogen (secondary N) is 1. The molecular weight excluding hydrogens is 312 g/mol. The van der Waals surface area contributed by atoms with Gasteiger partial charge in [-0.1, -0.05) is 24.3 Å². The molecule has 3 rings (SSSR count). The maximum absolute atomic E-state index is 12.9. The summed E-state index contributed by atoms with van der Waals surface area (Å²) in [7, 11) is 0. The molecule has 0 aliphatic rings. The highest BCUT2D eigenvalue weighted by molar-refractivity contribution is 6.05. The smallest absolute Gasteiger partial charge is 0.252 e. The van der Waals surface area contributed by atoms with E-state index in [-0.39, 0.29) is 18.0 Å². The van der Waals surface area contributed by atoms with Crippen LogP contribution < -0.4 is 5.32 Å². The summed E-state index contributed by atoms with van der Waals surface area (Å²) in [4.78, 5) is 17.5. The first-order chi connectivity index (χ1) is 11.9. The molecule has 1 N–H and O–H groups in total. The summed E-state index contributed by atoms with van der Waals surface area (Å²) in [5.74, 6) is -0.102. The van der Waals surface area contributed by atoms with Gasteiger partial charge in [0.25, 0.3) is 5.91 Å². The molecule has 0 aliphatic heterocycles. The second-order valence-electron chi connectivity index (χ2n) is 6.78. The summed E-state index contributed by atoms with van der Waals surface area (Å²) in [5, 5.41) is 8.30. The fraction of sp³-hybridized carbons (Fsp3) is 0.350. The Morgan fingerprint density at radius 1 is 1.16 bits per heavy atom. The largest absolute Gasteiger partial charge is 0.345 e. The Morgan fingerprint density at radius 3 is 2.56 bits per heavy atom. The minimum absolute atomic E-state index is 0.0719. The maximum Gasteiger partial charge on any atom is 0.252 e. The maximum atomic E-state index is 12.9. The van der Waals surface area contributed by atoms with E-state index in [0.29, 0.717) is 5.56 Å². The van der Waals surface area contributed by atoms with E-state index < -0.39 is 0 Å². The lowest BCUT2D eigenvalue weighted by atomic mass is 10.0. The van der Waals surface area contributed by atoms with Gasteiger partial charge in [-0.2, -0.15) is 5.10 Å². The number of aryl methyl sites for hydroxylation is 2. The molecule has 0 spiro atoms. The summed E-state index contributed by atoms with van der Waals surface area (Å²) in [6.07, 6.45) is 1.73. The zero-order valence-electron chi connectivity index (χ0n) is 15.4. The van der Waals surface area contributed by atoms with Gasteiger partial charge in [0.2, 0.25) is 0 Å². The van der Waals surface area contributed by atoms with E-state index in [9.17, 15) is 4.79 Å². The summed E-state index contributed by atoms with van der Waals surface area (Å²) < 4.78 is 1.85. The Labute approximate surface area is 148 Å². The van der Waals surface area contributed by atoms with Crippen LogP contribution in [-0.2, 0) is 0 Å². The normalized spacial score (nSPS) is 12.6. The molecule has 2 aromatic heterocycles. The first kappa shape index (κ1) is 17.1. The van der Waals surface area contributed by atoms with Crippen molar-refractivity contribution >= 4 is 16.9 Å². The highest BCUT2D eigenvalue weighted by atomic mass is 16.1. The summed E-state index contributed by atoms with van der Waals surface area (Å²) >= 11 is 0. The average Bonchev–Trinajstić information content (AvgIpc) is 2.98. The molecule has 25 heavy (non-hydrogen) atoms. The monoisotopic (exact) mass is 336 g/mol. The van der Waals surface area contributed by atoms with E-state index in [4.69, 9.17) is 0 Å². The van der Waals surface area contributed by atoms with Crippen LogP contribution in [0.2, 0.25) is 0 Å². The van der Waals surface area contributed by atoms with E-state index in [1.807, 2.05) is 42.8 Å². The number of hydrogen-bond acceptors (Lipinski definition) is 3. The molecule has 0 aliphatic carbocycles. The molecule has 0 radical (unpaired) electrons. The van der Waals surface area contributed by atoms with Gasteiger partial charge in [-0.25, -0.2) is 9.67 Å². The molecule has 1 atom stereocenters. The average molecular weight is 336 g/mol. The number of amides is 1. The highest BCUT2D eigenvalue weighted by Gasteiger charge is 2.19. The lowest BCUT2D eigenvalue weighted by molar-refractivity contribution is 0.0941. The van der Waals surface area contributed by atoms with Crippen LogP contribution in [0.1, 0.15) is 60.0 Å². The number of hydrogen-bond donors (Lipinski definition) is 1. The van der Waals surface area contributed by atoms with Crippen molar-refractivity contribution in [1.82, 2.24) is 20.1 Å². The van der Waals surface area contributed by atoms with Crippen molar-refractivity contribution in [2.24, 2.45) is 0 Å². The van der Waals surface area contributed by atoms with E-state index in [0.717, 1.165) is 22.3 Å². The Hall–Kier alpha value is -2.69. The molecule has 130 valence electrons. The van der Waals surface area contributed by atoms with E-state index in [1.54, 1.807) is 6.20 Å². The number of carbonyl (C=O) groups excluding carboxylic acids is 1. The summed E-state index contributed by atoms with van der Waals surface area (Å²) in [6.45, 7) is 10.1. The molecule has 0 bridgehead atoms. The predicted molar refractivity (Wildman–Crippen MR) is 99.7 cm³/mol. The SMILES string of the molecule is Cc1cc(C(=O)NC(C)c2ccccc2C)c2cnn(C(C)C)c2n1. The highest BCUT2D eigenvalue weighted by Crippen LogP contribution is 2.23. The zero-order chi connectivity index (χ0) is 18.1. The molecule has 1 amide bonds. The topological polar surface area (TPSA) is 59.8 Å². The van der Waals surface area contributed by atoms with Crippen LogP contribution in [0.4, 0.5) is 0 Å². The van der Waals surface area contributed by atoms with E-state index in [1.165, 1.54) is 5.56 Å². The third-order valence-electron chi connectivity index (χ3n) is 4.43. The second kappa shape index (κ2) is 6.67. The molecule has 1 unspecified atom stereocenters. The van der Waals surface area contributed by atoms with Gasteiger partial charge in [-0.15, -0.1) is 0 Å². The number of carbonyl (C=O) groups is 1. The molecule has 5 nitrogen and oxygen atoms in total. The lowest BCUT2D eigenvalue weighted by Crippen LogP contribution is -2.27. The van der Waals surface area contributed by atoms with Crippen molar-refractivity contribution in [3.05, 3.63) is 58.9 Å². The van der Waals surface area contributed by atoms with Gasteiger partial charge < -0.3 is 5.32 Å². The number of rotatable bonds is 4. The summed E-state index contributed by atoms with van der Waals surface area (Å²) in [6, 6.07) is 10.0. The number of aromatic nitrogens is 3. The Balaban J connectivity index is 1.96. The molecule has 5 heteroatoms. The van der Waals surface area contributed by atoms with Crippen LogP contribution in [0.3, 0.4) is 0 Å². The molecule has 2 heterocycles. The molecule has 3 aromatic rings. The number of benzene rings is 1. The van der Waals surface area contributed by atoms with Gasteiger partial charge in [0.05, 0.1) is 23.2 Å². The van der Waals surface area contributed by atoms with Crippen molar-refractivity contribution in [3.63, 3.8) is 0 Å². The fourth-order valence-electron chi connectivity index (χ4n) is 3.13. The van der Waals surface area contributed by atoms with Crippen LogP contribution in [0.15, 0.2) is 36.5 Å². The van der Waals surface area contributed by atoms with Crippen molar-refractivity contribution < 1.29 is 4.79 Å². The number of fused-ring (bicyclic) bond motifs is 1. The minimum atomic E-state index is -0.102. The third-order valence-corrected chi connectivity index (χ3v) is 4.43. The fourth-order valence-corrected chi connectivity index (χ4v) is 3.13. The summed E-state index contributed by atoms with van der Waals surface area (Å²) in [5.41, 5.74) is 4.47. The number of nitrogens with zero attached hydrogens (tertiary/aromatic N) is 3. The first-order valence-corrected chi connectivity index (χ1v) is 8.59. The second-order valence-corrected chi connectivity index (χ2v) is 6.78. The zero-order valence-corrected chi connectivity index (χ0v) is 15.4. The van der Waals surface area contributed by atoms with Crippen molar-refractivity contribution in [1.29, 1.82) is 0 Å². The standard InChI is InChI=1S/C20H24N4O/c1-12(2)24-19-18(11-21-24)17(10-14(4)22-19)20(25)23-15(5)16-9-7-6-8-13(16)3/h6-12,15H,1-5H3,(H,23,25). The van der Waals surface area contributed by atoms with Gasteiger partial charge in [-0.05, 0) is 51.8 Å². The minimum Gasteiger partial charge on any atom is -0.345 e. The first-order valence-electron chi connectivity index (χ1n) is 8.59. The van der Waals surface area contributed by atoms with Crippen LogP contribution in [-0.4, -0.2) is 20.7 Å². The van der Waals surface area contributed by atoms with Crippen LogP contribution in [0.5, 0.6) is 0 Å². The van der Waals surface area contributed by atoms with Gasteiger partial charge in [-0.3, -0.25) is 4.79 Å². The molecular formula is C20H24N4O. The van der Waals surface area contributed by atoms with Crippen LogP contribution in [0.25, 0.3) is 11.0 Å². The van der Waals surface area contributed by atoms with Gasteiger partial charge in [0, 0.05) is 11.7 Å². The van der Waals surface area contributed by atoms with Gasteiger partial charge in [0.15, 0.2) is 5.65 Å². The Bertz CT molecular complexity index is 927. The predicted octanol–water partition coefficient (Wildman–Crippen LogP) is 4.12. The molecule has 1 aromatic carbocycles. The van der Waals surface area contributed by atoms with E-state index in [2.05, 4.69) is 42.2 Å². The third kappa shape index (κ3) is 3.27. The van der Waals surface area contributed by atoms with Crippen LogP contribution in [0, 0.1) is 13.8 Å². The molecule has 0 fully saturated rings. The Kier molecular flexibility index (Phi) is 4.57. The van der Waals surface area contributed by atoms with Crippen molar-refractivity contribution in [2.75, 3.05) is 0 Å². The van der Waals surface area contributed by atoms with Crippen molar-refractivity contribution in [3.8, 4) is 0 Å². The quantitative estimate of drug-likeness (QED) is 0.779. The van der Waals surface area contributed by atoms with E-state index >= 15 is 0 Å². The van der Waals surface area contributed by atoms with Gasteiger partial charge in [0.1, 0.15) is 0 Å². The number of pyridine rings is 1. The molecule has 0 saturated heterocycles. The van der Waals surface area contributed by atoms with Gasteiger partial charge >= 0.3 is 0 Å². The van der Waals surface area contributed by atoms with Crippen molar-refractivity contribution in [2.45, 2.75) is 46.7 Å². The lowest BCUT2D eigenvalue weighted by Gasteiger charge is -2.17.